The van der Waals surface area contributed by atoms with Crippen molar-refractivity contribution in [1.29, 1.82) is 0 Å². The molecule has 3 aromatic rings. The van der Waals surface area contributed by atoms with E-state index in [4.69, 9.17) is 4.52 Å². The molecule has 1 aliphatic carbocycles. The molecule has 1 aromatic carbocycles. The molecule has 0 bridgehead atoms. The van der Waals surface area contributed by atoms with Crippen LogP contribution >= 0.6 is 0 Å². The first kappa shape index (κ1) is 17.7. The number of nitrogens with zero attached hydrogens (tertiary/aromatic N) is 2. The van der Waals surface area contributed by atoms with Crippen molar-refractivity contribution in [3.8, 4) is 0 Å². The molecule has 0 fully saturated rings. The van der Waals surface area contributed by atoms with Crippen LogP contribution in [0, 0.1) is 0 Å². The standard InChI is InChI=1S/C22H25N3O2/c1-13(2)20-19-11-18(12-23-22(19)27-25-20)21(26)24-14(3)16-9-8-15-6-4-5-7-17(15)10-16/h8-14H,4-7H2,1-3H3,(H,24,26)/t14-/m1/s1. The Morgan fingerprint density at radius 2 is 1.89 bits per heavy atom. The van der Waals surface area contributed by atoms with Crippen LogP contribution in [0.1, 0.15) is 78.3 Å². The molecule has 0 unspecified atom stereocenters. The summed E-state index contributed by atoms with van der Waals surface area (Å²) in [6, 6.07) is 8.35. The van der Waals surface area contributed by atoms with Gasteiger partial charge >= 0.3 is 0 Å². The van der Waals surface area contributed by atoms with Crippen molar-refractivity contribution in [2.75, 3.05) is 0 Å². The fraction of sp³-hybridized carbons (Fsp3) is 0.409. The summed E-state index contributed by atoms with van der Waals surface area (Å²) in [5.41, 5.74) is 5.84. The number of aryl methyl sites for hydroxylation is 2. The fourth-order valence-electron chi connectivity index (χ4n) is 3.78. The molecular formula is C22H25N3O2. The average molecular weight is 363 g/mol. The van der Waals surface area contributed by atoms with Gasteiger partial charge < -0.3 is 9.84 Å². The van der Waals surface area contributed by atoms with Gasteiger partial charge in [0.2, 0.25) is 0 Å². The van der Waals surface area contributed by atoms with E-state index in [-0.39, 0.29) is 17.9 Å². The van der Waals surface area contributed by atoms with E-state index in [1.807, 2.05) is 26.8 Å². The largest absolute Gasteiger partial charge is 0.345 e. The number of rotatable bonds is 4. The summed E-state index contributed by atoms with van der Waals surface area (Å²) in [5.74, 6) is 0.0753. The van der Waals surface area contributed by atoms with Gasteiger partial charge in [0.1, 0.15) is 0 Å². The topological polar surface area (TPSA) is 68.0 Å². The Balaban J connectivity index is 1.54. The van der Waals surface area contributed by atoms with Crippen LogP contribution in [0.3, 0.4) is 0 Å². The second-order valence-corrected chi connectivity index (χ2v) is 7.73. The fourth-order valence-corrected chi connectivity index (χ4v) is 3.78. The van der Waals surface area contributed by atoms with E-state index < -0.39 is 0 Å². The van der Waals surface area contributed by atoms with Crippen molar-refractivity contribution < 1.29 is 9.32 Å². The lowest BCUT2D eigenvalue weighted by Crippen LogP contribution is -2.27. The normalized spacial score (nSPS) is 15.0. The van der Waals surface area contributed by atoms with Crippen LogP contribution in [0.5, 0.6) is 0 Å². The van der Waals surface area contributed by atoms with Crippen LogP contribution < -0.4 is 5.32 Å². The lowest BCUT2D eigenvalue weighted by molar-refractivity contribution is 0.0939. The number of hydrogen-bond donors (Lipinski definition) is 1. The van der Waals surface area contributed by atoms with Gasteiger partial charge in [0, 0.05) is 6.20 Å². The molecule has 140 valence electrons. The Bertz CT molecular complexity index is 990. The SMILES string of the molecule is CC(C)c1noc2ncc(C(=O)N[C@H](C)c3ccc4c(c3)CCCC4)cc12. The molecule has 1 aliphatic rings. The lowest BCUT2D eigenvalue weighted by Gasteiger charge is -2.20. The van der Waals surface area contributed by atoms with Gasteiger partial charge in [-0.25, -0.2) is 4.98 Å². The van der Waals surface area contributed by atoms with E-state index in [9.17, 15) is 4.79 Å². The second-order valence-electron chi connectivity index (χ2n) is 7.73. The van der Waals surface area contributed by atoms with Crippen LogP contribution in [0.2, 0.25) is 0 Å². The molecule has 0 aliphatic heterocycles. The minimum atomic E-state index is -0.134. The van der Waals surface area contributed by atoms with E-state index >= 15 is 0 Å². The zero-order valence-corrected chi connectivity index (χ0v) is 16.1. The highest BCUT2D eigenvalue weighted by molar-refractivity contribution is 5.97. The van der Waals surface area contributed by atoms with Gasteiger partial charge in [-0.05, 0) is 61.3 Å². The van der Waals surface area contributed by atoms with Crippen LogP contribution in [0.25, 0.3) is 11.1 Å². The molecular weight excluding hydrogens is 338 g/mol. The predicted octanol–water partition coefficient (Wildman–Crippen LogP) is 4.72. The minimum absolute atomic E-state index is 0.0625. The quantitative estimate of drug-likeness (QED) is 0.728. The zero-order valence-electron chi connectivity index (χ0n) is 16.1. The summed E-state index contributed by atoms with van der Waals surface area (Å²) in [6.07, 6.45) is 6.37. The highest BCUT2D eigenvalue weighted by atomic mass is 16.5. The van der Waals surface area contributed by atoms with Gasteiger partial charge in [0.25, 0.3) is 11.6 Å². The number of carbonyl (C=O) groups is 1. The average Bonchev–Trinajstić information content (AvgIpc) is 3.11. The molecule has 5 nitrogen and oxygen atoms in total. The number of fused-ring (bicyclic) bond motifs is 2. The summed E-state index contributed by atoms with van der Waals surface area (Å²) < 4.78 is 5.26. The highest BCUT2D eigenvalue weighted by Crippen LogP contribution is 2.26. The second kappa shape index (κ2) is 7.14. The summed E-state index contributed by atoms with van der Waals surface area (Å²) in [4.78, 5) is 17.0. The summed E-state index contributed by atoms with van der Waals surface area (Å²) in [7, 11) is 0. The number of carbonyl (C=O) groups excluding carboxylic acids is 1. The Labute approximate surface area is 159 Å². The molecule has 0 saturated heterocycles. The van der Waals surface area contributed by atoms with E-state index in [0.717, 1.165) is 23.1 Å². The van der Waals surface area contributed by atoms with Crippen LogP contribution in [-0.4, -0.2) is 16.0 Å². The van der Waals surface area contributed by atoms with Gasteiger partial charge in [-0.15, -0.1) is 0 Å². The number of nitrogens with one attached hydrogen (secondary N) is 1. The Morgan fingerprint density at radius 3 is 2.67 bits per heavy atom. The van der Waals surface area contributed by atoms with E-state index in [1.165, 1.54) is 30.4 Å². The molecule has 5 heteroatoms. The highest BCUT2D eigenvalue weighted by Gasteiger charge is 2.18. The van der Waals surface area contributed by atoms with Crippen LogP contribution in [0.15, 0.2) is 35.0 Å². The zero-order chi connectivity index (χ0) is 19.0. The molecule has 1 atom stereocenters. The van der Waals surface area contributed by atoms with Gasteiger partial charge in [0.15, 0.2) is 0 Å². The van der Waals surface area contributed by atoms with Crippen LogP contribution in [-0.2, 0) is 12.8 Å². The molecule has 4 rings (SSSR count). The Hall–Kier alpha value is -2.69. The number of aromatic nitrogens is 2. The first-order valence-electron chi connectivity index (χ1n) is 9.71. The first-order chi connectivity index (χ1) is 13.0. The Kier molecular flexibility index (Phi) is 4.68. The summed E-state index contributed by atoms with van der Waals surface area (Å²) >= 11 is 0. The lowest BCUT2D eigenvalue weighted by atomic mass is 9.89. The van der Waals surface area contributed by atoms with Crippen molar-refractivity contribution >= 4 is 17.0 Å². The third-order valence-electron chi connectivity index (χ3n) is 5.39. The maximum Gasteiger partial charge on any atom is 0.257 e. The monoisotopic (exact) mass is 363 g/mol. The van der Waals surface area contributed by atoms with Crippen molar-refractivity contribution in [2.24, 2.45) is 0 Å². The van der Waals surface area contributed by atoms with Gasteiger partial charge in [-0.1, -0.05) is 37.2 Å². The smallest absolute Gasteiger partial charge is 0.257 e. The van der Waals surface area contributed by atoms with E-state index in [2.05, 4.69) is 33.7 Å². The van der Waals surface area contributed by atoms with Crippen molar-refractivity contribution in [1.82, 2.24) is 15.5 Å². The van der Waals surface area contributed by atoms with Gasteiger partial charge in [0.05, 0.1) is 22.7 Å². The molecule has 0 spiro atoms. The van der Waals surface area contributed by atoms with Crippen LogP contribution in [0.4, 0.5) is 0 Å². The first-order valence-corrected chi connectivity index (χ1v) is 9.71. The van der Waals surface area contributed by atoms with Gasteiger partial charge in [-0.2, -0.15) is 0 Å². The van der Waals surface area contributed by atoms with E-state index in [0.29, 0.717) is 11.3 Å². The predicted molar refractivity (Wildman–Crippen MR) is 105 cm³/mol. The molecule has 1 amide bonds. The number of amides is 1. The third-order valence-corrected chi connectivity index (χ3v) is 5.39. The minimum Gasteiger partial charge on any atom is -0.345 e. The molecule has 0 radical (unpaired) electrons. The van der Waals surface area contributed by atoms with Crippen molar-refractivity contribution in [3.63, 3.8) is 0 Å². The number of hydrogen-bond acceptors (Lipinski definition) is 4. The summed E-state index contributed by atoms with van der Waals surface area (Å²) in [5, 5.41) is 7.98. The van der Waals surface area contributed by atoms with Gasteiger partial charge in [-0.3, -0.25) is 4.79 Å². The molecule has 1 N–H and O–H groups in total. The van der Waals surface area contributed by atoms with Crippen molar-refractivity contribution in [2.45, 2.75) is 58.4 Å². The summed E-state index contributed by atoms with van der Waals surface area (Å²) in [6.45, 7) is 6.11. The number of benzene rings is 1. The Morgan fingerprint density at radius 1 is 1.11 bits per heavy atom. The van der Waals surface area contributed by atoms with Crippen molar-refractivity contribution in [3.05, 3.63) is 58.4 Å². The molecule has 27 heavy (non-hydrogen) atoms. The number of pyridine rings is 1. The maximum atomic E-state index is 12.8. The molecule has 2 aromatic heterocycles. The molecule has 2 heterocycles. The third kappa shape index (κ3) is 3.46. The van der Waals surface area contributed by atoms with E-state index in [1.54, 1.807) is 6.20 Å². The molecule has 0 saturated carbocycles. The maximum absolute atomic E-state index is 12.8.